The van der Waals surface area contributed by atoms with E-state index in [9.17, 15) is 4.79 Å². The van der Waals surface area contributed by atoms with E-state index in [0.717, 1.165) is 11.3 Å². The first-order chi connectivity index (χ1) is 7.89. The lowest BCUT2D eigenvalue weighted by Crippen LogP contribution is -2.33. The van der Waals surface area contributed by atoms with E-state index in [1.54, 1.807) is 4.90 Å². The Kier molecular flexibility index (Phi) is 2.74. The third-order valence-corrected chi connectivity index (χ3v) is 3.83. The van der Waals surface area contributed by atoms with Crippen molar-refractivity contribution in [3.8, 4) is 0 Å². The highest BCUT2D eigenvalue weighted by molar-refractivity contribution is 6.07. The standard InChI is InChI=1S/C14H20N2O/c1-9(15-4)10-6-7-12-11(8-10)14(2,3)13(17)16(12)5/h6-9,15H,1-5H3. The third kappa shape index (κ3) is 1.65. The Balaban J connectivity index is 2.54. The van der Waals surface area contributed by atoms with Crippen LogP contribution in [0.1, 0.15) is 37.9 Å². The van der Waals surface area contributed by atoms with Gasteiger partial charge in [0, 0.05) is 18.8 Å². The number of hydrogen-bond acceptors (Lipinski definition) is 2. The fraction of sp³-hybridized carbons (Fsp3) is 0.500. The molecule has 1 aromatic carbocycles. The molecule has 1 N–H and O–H groups in total. The number of nitrogens with one attached hydrogen (secondary N) is 1. The van der Waals surface area contributed by atoms with Crippen molar-refractivity contribution in [1.82, 2.24) is 5.32 Å². The third-order valence-electron chi connectivity index (χ3n) is 3.83. The zero-order valence-corrected chi connectivity index (χ0v) is 11.2. The van der Waals surface area contributed by atoms with E-state index in [1.165, 1.54) is 5.56 Å². The van der Waals surface area contributed by atoms with E-state index in [1.807, 2.05) is 34.0 Å². The van der Waals surface area contributed by atoms with Crippen LogP contribution in [0.3, 0.4) is 0 Å². The van der Waals surface area contributed by atoms with Crippen LogP contribution in [0.15, 0.2) is 18.2 Å². The van der Waals surface area contributed by atoms with Crippen LogP contribution in [0, 0.1) is 0 Å². The van der Waals surface area contributed by atoms with Crippen LogP contribution in [0.2, 0.25) is 0 Å². The maximum atomic E-state index is 12.1. The number of hydrogen-bond donors (Lipinski definition) is 1. The van der Waals surface area contributed by atoms with E-state index >= 15 is 0 Å². The Hall–Kier alpha value is -1.35. The molecule has 2 rings (SSSR count). The molecular formula is C14H20N2O. The van der Waals surface area contributed by atoms with E-state index in [2.05, 4.69) is 24.4 Å². The number of fused-ring (bicyclic) bond motifs is 1. The van der Waals surface area contributed by atoms with Gasteiger partial charge in [-0.25, -0.2) is 0 Å². The Morgan fingerprint density at radius 3 is 2.59 bits per heavy atom. The SMILES string of the molecule is CNC(C)c1ccc2c(c1)C(C)(C)C(=O)N2C. The molecule has 0 spiro atoms. The minimum atomic E-state index is -0.409. The molecule has 1 heterocycles. The molecule has 1 aliphatic heterocycles. The van der Waals surface area contributed by atoms with E-state index < -0.39 is 5.41 Å². The molecule has 92 valence electrons. The highest BCUT2D eigenvalue weighted by atomic mass is 16.2. The number of carbonyl (C=O) groups is 1. The summed E-state index contributed by atoms with van der Waals surface area (Å²) in [5.41, 5.74) is 2.98. The minimum absolute atomic E-state index is 0.168. The van der Waals surface area contributed by atoms with E-state index in [4.69, 9.17) is 0 Å². The summed E-state index contributed by atoms with van der Waals surface area (Å²) >= 11 is 0. The normalized spacial score (nSPS) is 19.4. The number of likely N-dealkylation sites (N-methyl/N-ethyl adjacent to an activating group) is 1. The number of anilines is 1. The summed E-state index contributed by atoms with van der Waals surface area (Å²) in [4.78, 5) is 13.9. The average Bonchev–Trinajstić information content (AvgIpc) is 2.50. The monoisotopic (exact) mass is 232 g/mol. The van der Waals surface area contributed by atoms with Crippen molar-refractivity contribution in [2.24, 2.45) is 0 Å². The summed E-state index contributed by atoms with van der Waals surface area (Å²) in [6.07, 6.45) is 0. The van der Waals surface area contributed by atoms with Crippen LogP contribution in [-0.4, -0.2) is 20.0 Å². The molecule has 0 radical (unpaired) electrons. The number of benzene rings is 1. The van der Waals surface area contributed by atoms with Gasteiger partial charge in [0.25, 0.3) is 0 Å². The lowest BCUT2D eigenvalue weighted by Gasteiger charge is -2.18. The molecule has 0 saturated heterocycles. The minimum Gasteiger partial charge on any atom is -0.314 e. The second-order valence-electron chi connectivity index (χ2n) is 5.28. The molecule has 1 amide bonds. The number of rotatable bonds is 2. The van der Waals surface area contributed by atoms with Gasteiger partial charge in [0.05, 0.1) is 5.41 Å². The van der Waals surface area contributed by atoms with Gasteiger partial charge in [-0.15, -0.1) is 0 Å². The van der Waals surface area contributed by atoms with Gasteiger partial charge in [-0.05, 0) is 45.0 Å². The maximum Gasteiger partial charge on any atom is 0.236 e. The molecule has 1 unspecified atom stereocenters. The van der Waals surface area contributed by atoms with Gasteiger partial charge in [0.2, 0.25) is 5.91 Å². The fourth-order valence-electron chi connectivity index (χ4n) is 2.43. The van der Waals surface area contributed by atoms with Crippen LogP contribution in [0.5, 0.6) is 0 Å². The molecule has 3 nitrogen and oxygen atoms in total. The van der Waals surface area contributed by atoms with E-state index in [0.29, 0.717) is 6.04 Å². The van der Waals surface area contributed by atoms with Crippen molar-refractivity contribution in [2.75, 3.05) is 19.0 Å². The van der Waals surface area contributed by atoms with Crippen molar-refractivity contribution in [1.29, 1.82) is 0 Å². The predicted molar refractivity (Wildman–Crippen MR) is 70.4 cm³/mol. The van der Waals surface area contributed by atoms with Crippen molar-refractivity contribution in [3.63, 3.8) is 0 Å². The number of amides is 1. The Morgan fingerprint density at radius 2 is 2.00 bits per heavy atom. The lowest BCUT2D eigenvalue weighted by molar-refractivity contribution is -0.121. The molecule has 0 bridgehead atoms. The molecule has 1 atom stereocenters. The van der Waals surface area contributed by atoms with Crippen LogP contribution in [-0.2, 0) is 10.2 Å². The first-order valence-corrected chi connectivity index (χ1v) is 5.99. The fourth-order valence-corrected chi connectivity index (χ4v) is 2.43. The second-order valence-corrected chi connectivity index (χ2v) is 5.28. The van der Waals surface area contributed by atoms with Gasteiger partial charge < -0.3 is 10.2 Å². The first-order valence-electron chi connectivity index (χ1n) is 5.99. The quantitative estimate of drug-likeness (QED) is 0.848. The average molecular weight is 232 g/mol. The van der Waals surface area contributed by atoms with Crippen molar-refractivity contribution in [2.45, 2.75) is 32.2 Å². The summed E-state index contributed by atoms with van der Waals surface area (Å²) in [5, 5.41) is 3.22. The van der Waals surface area contributed by atoms with Crippen LogP contribution in [0.25, 0.3) is 0 Å². The zero-order valence-electron chi connectivity index (χ0n) is 11.2. The lowest BCUT2D eigenvalue weighted by atomic mass is 9.85. The molecule has 0 aliphatic carbocycles. The molecule has 0 saturated carbocycles. The van der Waals surface area contributed by atoms with Crippen LogP contribution >= 0.6 is 0 Å². The van der Waals surface area contributed by atoms with Gasteiger partial charge in [-0.1, -0.05) is 12.1 Å². The molecule has 3 heteroatoms. The van der Waals surface area contributed by atoms with Crippen molar-refractivity contribution >= 4 is 11.6 Å². The molecule has 17 heavy (non-hydrogen) atoms. The van der Waals surface area contributed by atoms with Crippen LogP contribution in [0.4, 0.5) is 5.69 Å². The van der Waals surface area contributed by atoms with Gasteiger partial charge in [0.15, 0.2) is 0 Å². The zero-order chi connectivity index (χ0) is 12.8. The number of carbonyl (C=O) groups excluding carboxylic acids is 1. The summed E-state index contributed by atoms with van der Waals surface area (Å²) in [6.45, 7) is 6.10. The Bertz CT molecular complexity index is 465. The Morgan fingerprint density at radius 1 is 1.35 bits per heavy atom. The summed E-state index contributed by atoms with van der Waals surface area (Å²) in [5.74, 6) is 0.168. The number of nitrogens with zero attached hydrogens (tertiary/aromatic N) is 1. The van der Waals surface area contributed by atoms with Gasteiger partial charge in [0.1, 0.15) is 0 Å². The topological polar surface area (TPSA) is 32.3 Å². The summed E-state index contributed by atoms with van der Waals surface area (Å²) in [6, 6.07) is 6.59. The largest absolute Gasteiger partial charge is 0.314 e. The highest BCUT2D eigenvalue weighted by Crippen LogP contribution is 2.41. The molecule has 0 fully saturated rings. The Labute approximate surface area is 103 Å². The van der Waals surface area contributed by atoms with Crippen molar-refractivity contribution < 1.29 is 4.79 Å². The molecular weight excluding hydrogens is 212 g/mol. The van der Waals surface area contributed by atoms with Crippen LogP contribution < -0.4 is 10.2 Å². The second kappa shape index (κ2) is 3.84. The van der Waals surface area contributed by atoms with E-state index in [-0.39, 0.29) is 5.91 Å². The maximum absolute atomic E-state index is 12.1. The molecule has 1 aliphatic rings. The summed E-state index contributed by atoms with van der Waals surface area (Å²) < 4.78 is 0. The van der Waals surface area contributed by atoms with Crippen molar-refractivity contribution in [3.05, 3.63) is 29.3 Å². The first kappa shape index (κ1) is 12.1. The van der Waals surface area contributed by atoms with Gasteiger partial charge >= 0.3 is 0 Å². The van der Waals surface area contributed by atoms with Gasteiger partial charge in [-0.3, -0.25) is 4.79 Å². The highest BCUT2D eigenvalue weighted by Gasteiger charge is 2.42. The summed E-state index contributed by atoms with van der Waals surface area (Å²) in [7, 11) is 3.79. The smallest absolute Gasteiger partial charge is 0.236 e. The van der Waals surface area contributed by atoms with Gasteiger partial charge in [-0.2, -0.15) is 0 Å². The predicted octanol–water partition coefficient (Wildman–Crippen LogP) is 2.22. The molecule has 0 aromatic heterocycles. The molecule has 1 aromatic rings.